The molecule has 1 saturated carbocycles. The minimum atomic E-state index is -2.84. The molecule has 0 aliphatic heterocycles. The van der Waals surface area contributed by atoms with E-state index in [1.807, 2.05) is 13.0 Å². The summed E-state index contributed by atoms with van der Waals surface area (Å²) in [6.07, 6.45) is 2.42. The molecule has 8 heteroatoms. The van der Waals surface area contributed by atoms with E-state index >= 15 is 0 Å². The predicted octanol–water partition coefficient (Wildman–Crippen LogP) is 3.98. The van der Waals surface area contributed by atoms with Crippen LogP contribution in [0.4, 0.5) is 13.8 Å². The number of carbonyl (C=O) groups is 2. The molecule has 27 heavy (non-hydrogen) atoms. The van der Waals surface area contributed by atoms with Crippen molar-refractivity contribution in [3.8, 4) is 5.75 Å². The Labute approximate surface area is 159 Å². The standard InChI is InChI=1S/C19H20F2N2O3S/c1-11-10-15(23-17(24)13-4-5-13)27-16(11)18(25)22-9-8-12-2-6-14(7-3-12)26-19(20)21/h2-3,6-7,10,13,19H,4-5,8-9H2,1H3,(H,22,25)(H,23,24). The van der Waals surface area contributed by atoms with E-state index in [2.05, 4.69) is 15.4 Å². The molecule has 5 nitrogen and oxygen atoms in total. The molecule has 1 aliphatic rings. The fraction of sp³-hybridized carbons (Fsp3) is 0.368. The zero-order valence-electron chi connectivity index (χ0n) is 14.8. The van der Waals surface area contributed by atoms with Crippen molar-refractivity contribution in [3.63, 3.8) is 0 Å². The van der Waals surface area contributed by atoms with E-state index in [4.69, 9.17) is 0 Å². The molecule has 0 saturated heterocycles. The van der Waals surface area contributed by atoms with E-state index in [1.54, 1.807) is 12.1 Å². The largest absolute Gasteiger partial charge is 0.435 e. The molecule has 0 spiro atoms. The molecule has 0 atom stereocenters. The summed E-state index contributed by atoms with van der Waals surface area (Å²) in [5, 5.41) is 6.38. The minimum Gasteiger partial charge on any atom is -0.435 e. The summed E-state index contributed by atoms with van der Waals surface area (Å²) in [6, 6.07) is 8.13. The van der Waals surface area contributed by atoms with Crippen molar-refractivity contribution in [1.82, 2.24) is 5.32 Å². The lowest BCUT2D eigenvalue weighted by molar-refractivity contribution is -0.117. The monoisotopic (exact) mass is 394 g/mol. The smallest absolute Gasteiger partial charge is 0.387 e. The normalized spacial score (nSPS) is 13.5. The van der Waals surface area contributed by atoms with Gasteiger partial charge in [-0.3, -0.25) is 9.59 Å². The zero-order valence-corrected chi connectivity index (χ0v) is 15.6. The molecule has 1 heterocycles. The van der Waals surface area contributed by atoms with Crippen LogP contribution in [0.3, 0.4) is 0 Å². The van der Waals surface area contributed by atoms with Gasteiger partial charge in [-0.15, -0.1) is 11.3 Å². The van der Waals surface area contributed by atoms with E-state index in [0.29, 0.717) is 22.8 Å². The highest BCUT2D eigenvalue weighted by Crippen LogP contribution is 2.32. The van der Waals surface area contributed by atoms with E-state index in [1.165, 1.54) is 23.5 Å². The van der Waals surface area contributed by atoms with Crippen LogP contribution in [-0.2, 0) is 11.2 Å². The number of nitrogens with one attached hydrogen (secondary N) is 2. The third kappa shape index (κ3) is 5.50. The third-order valence-electron chi connectivity index (χ3n) is 4.17. The van der Waals surface area contributed by atoms with Gasteiger partial charge in [-0.1, -0.05) is 12.1 Å². The number of ether oxygens (including phenoxy) is 1. The Morgan fingerprint density at radius 3 is 2.59 bits per heavy atom. The van der Waals surface area contributed by atoms with Gasteiger partial charge in [0.05, 0.1) is 9.88 Å². The van der Waals surface area contributed by atoms with Gasteiger partial charge in [0.15, 0.2) is 0 Å². The SMILES string of the molecule is Cc1cc(NC(=O)C2CC2)sc1C(=O)NCCc1ccc(OC(F)F)cc1. The van der Waals surface area contributed by atoms with Crippen LogP contribution in [0.15, 0.2) is 30.3 Å². The van der Waals surface area contributed by atoms with Crippen LogP contribution >= 0.6 is 11.3 Å². The van der Waals surface area contributed by atoms with Crippen LogP contribution in [0, 0.1) is 12.8 Å². The summed E-state index contributed by atoms with van der Waals surface area (Å²) in [5.41, 5.74) is 1.72. The number of halogens is 2. The van der Waals surface area contributed by atoms with Crippen LogP contribution < -0.4 is 15.4 Å². The summed E-state index contributed by atoms with van der Waals surface area (Å²) in [7, 11) is 0. The summed E-state index contributed by atoms with van der Waals surface area (Å²) in [6.45, 7) is -0.599. The lowest BCUT2D eigenvalue weighted by atomic mass is 10.1. The molecule has 1 aromatic carbocycles. The summed E-state index contributed by atoms with van der Waals surface area (Å²) >= 11 is 1.26. The van der Waals surface area contributed by atoms with Gasteiger partial charge in [-0.2, -0.15) is 8.78 Å². The molecule has 0 bridgehead atoms. The summed E-state index contributed by atoms with van der Waals surface area (Å²) in [5.74, 6) is 0.0412. The first-order chi connectivity index (χ1) is 12.9. The van der Waals surface area contributed by atoms with Crippen molar-refractivity contribution in [3.05, 3.63) is 46.3 Å². The molecule has 3 rings (SSSR count). The lowest BCUT2D eigenvalue weighted by Crippen LogP contribution is -2.25. The molecule has 1 aliphatic carbocycles. The molecule has 2 aromatic rings. The van der Waals surface area contributed by atoms with Crippen LogP contribution in [0.5, 0.6) is 5.75 Å². The molecular formula is C19H20F2N2O3S. The van der Waals surface area contributed by atoms with Crippen molar-refractivity contribution < 1.29 is 23.1 Å². The first kappa shape index (κ1) is 19.3. The third-order valence-corrected chi connectivity index (χ3v) is 5.32. The minimum absolute atomic E-state index is 0.0162. The van der Waals surface area contributed by atoms with Crippen molar-refractivity contribution >= 4 is 28.2 Å². The molecule has 0 radical (unpaired) electrons. The Morgan fingerprint density at radius 2 is 1.96 bits per heavy atom. The van der Waals surface area contributed by atoms with Gasteiger partial charge in [0, 0.05) is 12.5 Å². The van der Waals surface area contributed by atoms with Crippen molar-refractivity contribution in [2.75, 3.05) is 11.9 Å². The number of alkyl halides is 2. The van der Waals surface area contributed by atoms with Gasteiger partial charge in [-0.05, 0) is 55.5 Å². The number of aryl methyl sites for hydroxylation is 1. The van der Waals surface area contributed by atoms with Gasteiger partial charge in [-0.25, -0.2) is 0 Å². The van der Waals surface area contributed by atoms with E-state index in [-0.39, 0.29) is 23.5 Å². The Bertz CT molecular complexity index is 817. The molecule has 1 fully saturated rings. The van der Waals surface area contributed by atoms with Crippen LogP contribution in [-0.4, -0.2) is 25.0 Å². The number of hydrogen-bond donors (Lipinski definition) is 2. The van der Waals surface area contributed by atoms with Crippen molar-refractivity contribution in [1.29, 1.82) is 0 Å². The van der Waals surface area contributed by atoms with Crippen LogP contribution in [0.25, 0.3) is 0 Å². The Kier molecular flexibility index (Phi) is 6.05. The van der Waals surface area contributed by atoms with Gasteiger partial charge in [0.2, 0.25) is 5.91 Å². The van der Waals surface area contributed by atoms with E-state index in [0.717, 1.165) is 24.0 Å². The molecular weight excluding hydrogens is 374 g/mol. The molecule has 2 amide bonds. The molecule has 144 valence electrons. The highest BCUT2D eigenvalue weighted by Gasteiger charge is 2.30. The number of benzene rings is 1. The van der Waals surface area contributed by atoms with Gasteiger partial charge in [0.25, 0.3) is 5.91 Å². The molecule has 2 N–H and O–H groups in total. The zero-order chi connectivity index (χ0) is 19.4. The maximum absolute atomic E-state index is 12.4. The van der Waals surface area contributed by atoms with Crippen molar-refractivity contribution in [2.45, 2.75) is 32.8 Å². The number of anilines is 1. The van der Waals surface area contributed by atoms with E-state index < -0.39 is 6.61 Å². The van der Waals surface area contributed by atoms with E-state index in [9.17, 15) is 18.4 Å². The number of hydrogen-bond acceptors (Lipinski definition) is 4. The topological polar surface area (TPSA) is 67.4 Å². The van der Waals surface area contributed by atoms with Gasteiger partial charge >= 0.3 is 6.61 Å². The predicted molar refractivity (Wildman–Crippen MR) is 99.5 cm³/mol. The number of carbonyl (C=O) groups excluding carboxylic acids is 2. The van der Waals surface area contributed by atoms with Crippen LogP contribution in [0.1, 0.15) is 33.6 Å². The summed E-state index contributed by atoms with van der Waals surface area (Å²) < 4.78 is 28.6. The second kappa shape index (κ2) is 8.47. The average Bonchev–Trinajstić information content (AvgIpc) is 3.40. The highest BCUT2D eigenvalue weighted by molar-refractivity contribution is 7.18. The van der Waals surface area contributed by atoms with Gasteiger partial charge in [0.1, 0.15) is 5.75 Å². The second-order valence-electron chi connectivity index (χ2n) is 6.41. The fourth-order valence-corrected chi connectivity index (χ4v) is 3.57. The first-order valence-corrected chi connectivity index (χ1v) is 9.47. The number of rotatable bonds is 8. The first-order valence-electron chi connectivity index (χ1n) is 8.65. The summed E-state index contributed by atoms with van der Waals surface area (Å²) in [4.78, 5) is 24.8. The highest BCUT2D eigenvalue weighted by atomic mass is 32.1. The Morgan fingerprint density at radius 1 is 1.26 bits per heavy atom. The molecule has 0 unspecified atom stereocenters. The fourth-order valence-electron chi connectivity index (χ4n) is 2.58. The average molecular weight is 394 g/mol. The second-order valence-corrected chi connectivity index (χ2v) is 7.47. The maximum atomic E-state index is 12.4. The Balaban J connectivity index is 1.49. The maximum Gasteiger partial charge on any atom is 0.387 e. The number of thiophene rings is 1. The quantitative estimate of drug-likeness (QED) is 0.712. The van der Waals surface area contributed by atoms with Gasteiger partial charge < -0.3 is 15.4 Å². The number of amides is 2. The Hall–Kier alpha value is -2.48. The van der Waals surface area contributed by atoms with Crippen molar-refractivity contribution in [2.24, 2.45) is 5.92 Å². The molecule has 1 aromatic heterocycles. The lowest BCUT2D eigenvalue weighted by Gasteiger charge is -2.07. The van der Waals surface area contributed by atoms with Crippen LogP contribution in [0.2, 0.25) is 0 Å².